The summed E-state index contributed by atoms with van der Waals surface area (Å²) in [5, 5.41) is 3.74. The number of anilines is 1. The Morgan fingerprint density at radius 3 is 2.36 bits per heavy atom. The van der Waals surface area contributed by atoms with Crippen LogP contribution in [0.4, 0.5) is 5.69 Å². The third-order valence-corrected chi connectivity index (χ3v) is 9.61. The lowest BCUT2D eigenvalue weighted by Gasteiger charge is -2.33. The Morgan fingerprint density at radius 2 is 1.64 bits per heavy atom. The molecule has 1 atom stereocenters. The smallest absolute Gasteiger partial charge is 0.243 e. The number of fused-ring (bicyclic) bond motifs is 1. The molecule has 11 heteroatoms. The molecule has 1 aliphatic heterocycles. The van der Waals surface area contributed by atoms with Gasteiger partial charge in [-0.15, -0.1) is 0 Å². The Labute approximate surface area is 270 Å². The standard InChI is InChI=1S/C34H40ClN3O6S/c1-45(41,42)38(29-16-17-31-32(23-29)44-20-19-43-31)18-8-15-33(39)37(24-26-11-7-12-27(35)21-26)30(22-25-9-3-2-4-10-25)34(40)36-28-13-5-6-14-28/h2-4,7,9-12,16-17,21,23,28,30H,5-6,8,13-15,18-20,22,24H2,1H3,(H,36,40)/t30-/m1/s1. The summed E-state index contributed by atoms with van der Waals surface area (Å²) in [5.74, 6) is 0.613. The maximum atomic E-state index is 14.1. The molecule has 9 nitrogen and oxygen atoms in total. The van der Waals surface area contributed by atoms with Crippen molar-refractivity contribution >= 4 is 39.1 Å². The van der Waals surface area contributed by atoms with E-state index in [2.05, 4.69) is 5.32 Å². The number of carbonyl (C=O) groups is 2. The van der Waals surface area contributed by atoms with E-state index >= 15 is 0 Å². The van der Waals surface area contributed by atoms with E-state index in [-0.39, 0.29) is 43.8 Å². The van der Waals surface area contributed by atoms with Gasteiger partial charge in [0.2, 0.25) is 21.8 Å². The Kier molecular flexibility index (Phi) is 10.9. The van der Waals surface area contributed by atoms with Crippen LogP contribution in [0.1, 0.15) is 49.7 Å². The SMILES string of the molecule is CS(=O)(=O)N(CCCC(=O)N(Cc1cccc(Cl)c1)[C@H](Cc1ccccc1)C(=O)NC1CCCC1)c1ccc2c(c1)OCCO2. The maximum Gasteiger partial charge on any atom is 0.243 e. The van der Waals surface area contributed by atoms with Crippen LogP contribution in [0.25, 0.3) is 0 Å². The summed E-state index contributed by atoms with van der Waals surface area (Å²) >= 11 is 6.29. The van der Waals surface area contributed by atoms with Crippen molar-refractivity contribution in [3.8, 4) is 11.5 Å². The number of hydrogen-bond acceptors (Lipinski definition) is 6. The molecule has 3 aromatic carbocycles. The number of nitrogens with zero attached hydrogens (tertiary/aromatic N) is 2. The van der Waals surface area contributed by atoms with Crippen LogP contribution in [-0.2, 0) is 32.6 Å². The van der Waals surface area contributed by atoms with Gasteiger partial charge in [-0.3, -0.25) is 13.9 Å². The molecule has 45 heavy (non-hydrogen) atoms. The molecule has 2 amide bonds. The number of sulfonamides is 1. The zero-order chi connectivity index (χ0) is 31.8. The van der Waals surface area contributed by atoms with Gasteiger partial charge in [0, 0.05) is 43.1 Å². The monoisotopic (exact) mass is 653 g/mol. The summed E-state index contributed by atoms with van der Waals surface area (Å²) in [6.45, 7) is 1.07. The van der Waals surface area contributed by atoms with Crippen molar-refractivity contribution < 1.29 is 27.5 Å². The lowest BCUT2D eigenvalue weighted by Crippen LogP contribution is -2.52. The molecule has 0 saturated heterocycles. The van der Waals surface area contributed by atoms with E-state index in [9.17, 15) is 18.0 Å². The van der Waals surface area contributed by atoms with Gasteiger partial charge in [0.25, 0.3) is 0 Å². The molecule has 2 aliphatic rings. The molecule has 240 valence electrons. The number of rotatable bonds is 13. The van der Waals surface area contributed by atoms with Gasteiger partial charge in [-0.05, 0) is 54.7 Å². The van der Waals surface area contributed by atoms with Gasteiger partial charge in [-0.1, -0.05) is 66.9 Å². The number of amides is 2. The minimum Gasteiger partial charge on any atom is -0.486 e. The second kappa shape index (κ2) is 15.0. The van der Waals surface area contributed by atoms with Gasteiger partial charge >= 0.3 is 0 Å². The van der Waals surface area contributed by atoms with E-state index in [1.165, 1.54) is 4.31 Å². The average molecular weight is 654 g/mol. The summed E-state index contributed by atoms with van der Waals surface area (Å²) in [7, 11) is -3.67. The summed E-state index contributed by atoms with van der Waals surface area (Å²) in [5.41, 5.74) is 2.18. The predicted octanol–water partition coefficient (Wildman–Crippen LogP) is 5.36. The van der Waals surface area contributed by atoms with Crippen molar-refractivity contribution in [3.05, 3.63) is 88.9 Å². The molecule has 1 heterocycles. The van der Waals surface area contributed by atoms with Crippen LogP contribution < -0.4 is 19.1 Å². The number of halogens is 1. The molecule has 0 unspecified atom stereocenters. The molecule has 0 aromatic heterocycles. The van der Waals surface area contributed by atoms with E-state index in [0.29, 0.717) is 41.8 Å². The van der Waals surface area contributed by atoms with E-state index in [4.69, 9.17) is 21.1 Å². The first-order chi connectivity index (χ1) is 21.7. The van der Waals surface area contributed by atoms with Crippen LogP contribution in [0.15, 0.2) is 72.8 Å². The van der Waals surface area contributed by atoms with E-state index < -0.39 is 16.1 Å². The van der Waals surface area contributed by atoms with Crippen LogP contribution in [0, 0.1) is 0 Å². The molecule has 1 saturated carbocycles. The lowest BCUT2D eigenvalue weighted by molar-refractivity contribution is -0.141. The van der Waals surface area contributed by atoms with E-state index in [1.54, 1.807) is 35.2 Å². The third kappa shape index (κ3) is 8.92. The number of hydrogen-bond donors (Lipinski definition) is 1. The number of nitrogens with one attached hydrogen (secondary N) is 1. The largest absolute Gasteiger partial charge is 0.486 e. The zero-order valence-corrected chi connectivity index (χ0v) is 27.1. The quantitative estimate of drug-likeness (QED) is 0.267. The fourth-order valence-electron chi connectivity index (χ4n) is 5.94. The highest BCUT2D eigenvalue weighted by molar-refractivity contribution is 7.92. The molecular formula is C34H40ClN3O6S. The molecule has 3 aromatic rings. The second-order valence-corrected chi connectivity index (χ2v) is 14.0. The molecular weight excluding hydrogens is 614 g/mol. The molecule has 1 aliphatic carbocycles. The van der Waals surface area contributed by atoms with Crippen molar-refractivity contribution in [2.45, 2.75) is 63.6 Å². The highest BCUT2D eigenvalue weighted by atomic mass is 35.5. The van der Waals surface area contributed by atoms with Gasteiger partial charge < -0.3 is 19.7 Å². The van der Waals surface area contributed by atoms with Crippen molar-refractivity contribution in [2.24, 2.45) is 0 Å². The maximum absolute atomic E-state index is 14.1. The highest BCUT2D eigenvalue weighted by Gasteiger charge is 2.32. The van der Waals surface area contributed by atoms with Crippen molar-refractivity contribution in [2.75, 3.05) is 30.3 Å². The highest BCUT2D eigenvalue weighted by Crippen LogP contribution is 2.35. The average Bonchev–Trinajstić information content (AvgIpc) is 3.53. The molecule has 1 N–H and O–H groups in total. The minimum absolute atomic E-state index is 0.0408. The Morgan fingerprint density at radius 1 is 0.933 bits per heavy atom. The molecule has 0 spiro atoms. The fraction of sp³-hybridized carbons (Fsp3) is 0.412. The number of ether oxygens (including phenoxy) is 2. The zero-order valence-electron chi connectivity index (χ0n) is 25.5. The fourth-order valence-corrected chi connectivity index (χ4v) is 7.11. The summed E-state index contributed by atoms with van der Waals surface area (Å²) in [4.78, 5) is 29.6. The first-order valence-electron chi connectivity index (χ1n) is 15.4. The van der Waals surface area contributed by atoms with Crippen LogP contribution in [0.3, 0.4) is 0 Å². The Hall–Kier alpha value is -3.76. The third-order valence-electron chi connectivity index (χ3n) is 8.18. The summed E-state index contributed by atoms with van der Waals surface area (Å²) < 4.78 is 38.2. The number of carbonyl (C=O) groups excluding carboxylic acids is 2. The molecule has 5 rings (SSSR count). The Bertz CT molecular complexity index is 1580. The number of benzene rings is 3. The van der Waals surface area contributed by atoms with Gasteiger partial charge in [0.1, 0.15) is 19.3 Å². The summed E-state index contributed by atoms with van der Waals surface area (Å²) in [6.07, 6.45) is 5.76. The van der Waals surface area contributed by atoms with Crippen LogP contribution >= 0.6 is 11.6 Å². The molecule has 0 bridgehead atoms. The summed E-state index contributed by atoms with van der Waals surface area (Å²) in [6, 6.07) is 21.3. The first-order valence-corrected chi connectivity index (χ1v) is 17.7. The normalized spacial score (nSPS) is 15.3. The second-order valence-electron chi connectivity index (χ2n) is 11.6. The minimum atomic E-state index is -3.67. The lowest BCUT2D eigenvalue weighted by atomic mass is 10.0. The van der Waals surface area contributed by atoms with Crippen molar-refractivity contribution in [1.82, 2.24) is 10.2 Å². The van der Waals surface area contributed by atoms with Gasteiger partial charge in [0.15, 0.2) is 11.5 Å². The van der Waals surface area contributed by atoms with Crippen LogP contribution in [-0.4, -0.2) is 63.2 Å². The topological polar surface area (TPSA) is 105 Å². The molecule has 0 radical (unpaired) electrons. The molecule has 1 fully saturated rings. The predicted molar refractivity (Wildman–Crippen MR) is 175 cm³/mol. The van der Waals surface area contributed by atoms with Gasteiger partial charge in [-0.2, -0.15) is 0 Å². The van der Waals surface area contributed by atoms with Gasteiger partial charge in [0.05, 0.1) is 11.9 Å². The van der Waals surface area contributed by atoms with Crippen molar-refractivity contribution in [1.29, 1.82) is 0 Å². The van der Waals surface area contributed by atoms with E-state index in [0.717, 1.165) is 43.1 Å². The Balaban J connectivity index is 1.37. The van der Waals surface area contributed by atoms with Crippen molar-refractivity contribution in [3.63, 3.8) is 0 Å². The van der Waals surface area contributed by atoms with Crippen LogP contribution in [0.5, 0.6) is 11.5 Å². The van der Waals surface area contributed by atoms with E-state index in [1.807, 2.05) is 42.5 Å². The van der Waals surface area contributed by atoms with Gasteiger partial charge in [-0.25, -0.2) is 8.42 Å². The van der Waals surface area contributed by atoms with Crippen LogP contribution in [0.2, 0.25) is 5.02 Å². The first kappa shape index (κ1) is 32.6.